The number of imidazole rings is 1. The van der Waals surface area contributed by atoms with Crippen molar-refractivity contribution in [2.24, 2.45) is 0 Å². The number of fused-ring (bicyclic) bond motifs is 1. The Bertz CT molecular complexity index is 1130. The molecule has 3 heterocycles. The molecule has 2 aliphatic rings. The first-order valence-corrected chi connectivity index (χ1v) is 11.1. The van der Waals surface area contributed by atoms with Gasteiger partial charge in [-0.3, -0.25) is 14.2 Å². The molecule has 0 bridgehead atoms. The third-order valence-electron chi connectivity index (χ3n) is 6.12. The van der Waals surface area contributed by atoms with Crippen LogP contribution in [-0.2, 0) is 11.2 Å². The summed E-state index contributed by atoms with van der Waals surface area (Å²) in [7, 11) is 0. The third-order valence-corrected chi connectivity index (χ3v) is 6.12. The Balaban J connectivity index is 1.30. The van der Waals surface area contributed by atoms with Crippen LogP contribution in [0.1, 0.15) is 35.2 Å². The van der Waals surface area contributed by atoms with Crippen molar-refractivity contribution < 1.29 is 14.3 Å². The molecule has 3 aromatic rings. The van der Waals surface area contributed by atoms with E-state index >= 15 is 0 Å². The van der Waals surface area contributed by atoms with Gasteiger partial charge in [-0.25, -0.2) is 4.98 Å². The molecule has 0 saturated carbocycles. The molecule has 32 heavy (non-hydrogen) atoms. The van der Waals surface area contributed by atoms with E-state index in [0.29, 0.717) is 12.3 Å². The number of aromatic nitrogens is 2. The van der Waals surface area contributed by atoms with Gasteiger partial charge < -0.3 is 15.0 Å². The molecule has 5 rings (SSSR count). The number of carbonyl (C=O) groups is 2. The number of nitrogens with zero attached hydrogens (tertiary/aromatic N) is 3. The number of amides is 2. The minimum absolute atomic E-state index is 0.0321. The van der Waals surface area contributed by atoms with Crippen LogP contribution in [0, 0.1) is 0 Å². The molecule has 7 nitrogen and oxygen atoms in total. The molecular formula is C25H26N4O3. The fourth-order valence-corrected chi connectivity index (χ4v) is 4.35. The molecule has 1 aromatic heterocycles. The van der Waals surface area contributed by atoms with Gasteiger partial charge in [0.1, 0.15) is 11.6 Å². The summed E-state index contributed by atoms with van der Waals surface area (Å²) in [6.07, 6.45) is 7.82. The van der Waals surface area contributed by atoms with Gasteiger partial charge in [-0.15, -0.1) is 0 Å². The lowest BCUT2D eigenvalue weighted by molar-refractivity contribution is -0.134. The molecule has 2 amide bonds. The summed E-state index contributed by atoms with van der Waals surface area (Å²) in [5, 5.41) is 2.90. The molecule has 1 fully saturated rings. The molecule has 7 heteroatoms. The first kappa shape index (κ1) is 20.3. The summed E-state index contributed by atoms with van der Waals surface area (Å²) in [4.78, 5) is 30.9. The minimum atomic E-state index is -0.0321. The molecule has 164 valence electrons. The van der Waals surface area contributed by atoms with E-state index < -0.39 is 0 Å². The van der Waals surface area contributed by atoms with Crippen LogP contribution < -0.4 is 10.1 Å². The Morgan fingerprint density at radius 2 is 1.88 bits per heavy atom. The molecule has 0 spiro atoms. The molecule has 1 N–H and O–H groups in total. The van der Waals surface area contributed by atoms with E-state index in [1.165, 1.54) is 6.42 Å². The van der Waals surface area contributed by atoms with E-state index in [9.17, 15) is 9.59 Å². The van der Waals surface area contributed by atoms with Crippen LogP contribution in [0.2, 0.25) is 0 Å². The number of hydrogen-bond acceptors (Lipinski definition) is 4. The topological polar surface area (TPSA) is 76.5 Å². The van der Waals surface area contributed by atoms with Crippen molar-refractivity contribution in [2.45, 2.75) is 25.7 Å². The third kappa shape index (κ3) is 4.10. The second-order valence-corrected chi connectivity index (χ2v) is 8.22. The second-order valence-electron chi connectivity index (χ2n) is 8.22. The van der Waals surface area contributed by atoms with Gasteiger partial charge in [0.05, 0.1) is 0 Å². The fraction of sp³-hybridized carbons (Fsp3) is 0.320. The van der Waals surface area contributed by atoms with Gasteiger partial charge >= 0.3 is 0 Å². The van der Waals surface area contributed by atoms with Crippen molar-refractivity contribution in [1.82, 2.24) is 19.8 Å². The molecule has 1 saturated heterocycles. The number of nitrogens with one attached hydrogen (secondary N) is 1. The van der Waals surface area contributed by atoms with Gasteiger partial charge in [0, 0.05) is 48.8 Å². The van der Waals surface area contributed by atoms with Crippen molar-refractivity contribution >= 4 is 11.8 Å². The predicted molar refractivity (Wildman–Crippen MR) is 121 cm³/mol. The number of piperidine rings is 1. The van der Waals surface area contributed by atoms with E-state index in [4.69, 9.17) is 4.74 Å². The summed E-state index contributed by atoms with van der Waals surface area (Å²) in [6, 6.07) is 13.5. The maximum atomic E-state index is 12.3. The SMILES string of the molecule is O=C1NCCc2ccc(-n3ccnc3-c3ccc(OCC(=O)N4CCCCC4)cc3)cc21. The van der Waals surface area contributed by atoms with Crippen LogP contribution in [0.3, 0.4) is 0 Å². The summed E-state index contributed by atoms with van der Waals surface area (Å²) >= 11 is 0. The monoisotopic (exact) mass is 430 g/mol. The van der Waals surface area contributed by atoms with Gasteiger partial charge in [0.25, 0.3) is 11.8 Å². The highest BCUT2D eigenvalue weighted by Crippen LogP contribution is 2.26. The van der Waals surface area contributed by atoms with Crippen molar-refractivity contribution in [1.29, 1.82) is 0 Å². The van der Waals surface area contributed by atoms with E-state index in [-0.39, 0.29) is 18.4 Å². The first-order valence-electron chi connectivity index (χ1n) is 11.1. The normalized spacial score (nSPS) is 15.8. The van der Waals surface area contributed by atoms with Crippen molar-refractivity contribution in [3.63, 3.8) is 0 Å². The van der Waals surface area contributed by atoms with Gasteiger partial charge in [-0.1, -0.05) is 6.07 Å². The lowest BCUT2D eigenvalue weighted by atomic mass is 9.99. The van der Waals surface area contributed by atoms with E-state index in [2.05, 4.69) is 10.3 Å². The van der Waals surface area contributed by atoms with Gasteiger partial charge in [-0.2, -0.15) is 0 Å². The highest BCUT2D eigenvalue weighted by Gasteiger charge is 2.19. The zero-order chi connectivity index (χ0) is 21.9. The van der Waals surface area contributed by atoms with E-state index in [1.54, 1.807) is 6.20 Å². The Labute approximate surface area is 187 Å². The van der Waals surface area contributed by atoms with Crippen LogP contribution in [0.15, 0.2) is 54.9 Å². The zero-order valence-electron chi connectivity index (χ0n) is 17.9. The lowest BCUT2D eigenvalue weighted by Gasteiger charge is -2.26. The Morgan fingerprint density at radius 3 is 2.69 bits per heavy atom. The Morgan fingerprint density at radius 1 is 1.06 bits per heavy atom. The summed E-state index contributed by atoms with van der Waals surface area (Å²) < 4.78 is 7.69. The van der Waals surface area contributed by atoms with Gasteiger partial charge in [0.2, 0.25) is 0 Å². The average Bonchev–Trinajstić information content (AvgIpc) is 3.33. The molecule has 2 aromatic carbocycles. The Kier molecular flexibility index (Phi) is 5.62. The summed E-state index contributed by atoms with van der Waals surface area (Å²) in [5.74, 6) is 1.44. The smallest absolute Gasteiger partial charge is 0.260 e. The zero-order valence-corrected chi connectivity index (χ0v) is 17.9. The molecular weight excluding hydrogens is 404 g/mol. The van der Waals surface area contributed by atoms with E-state index in [0.717, 1.165) is 60.6 Å². The van der Waals surface area contributed by atoms with Crippen LogP contribution in [0.25, 0.3) is 17.1 Å². The van der Waals surface area contributed by atoms with Crippen LogP contribution in [0.4, 0.5) is 0 Å². The number of carbonyl (C=O) groups excluding carboxylic acids is 2. The average molecular weight is 431 g/mol. The number of benzene rings is 2. The maximum Gasteiger partial charge on any atom is 0.260 e. The number of ether oxygens (including phenoxy) is 1. The minimum Gasteiger partial charge on any atom is -0.484 e. The number of rotatable bonds is 5. The van der Waals surface area contributed by atoms with Crippen molar-refractivity contribution in [3.8, 4) is 22.8 Å². The van der Waals surface area contributed by atoms with Gasteiger partial charge in [0.15, 0.2) is 6.61 Å². The lowest BCUT2D eigenvalue weighted by Crippen LogP contribution is -2.38. The largest absolute Gasteiger partial charge is 0.484 e. The molecule has 0 unspecified atom stereocenters. The maximum absolute atomic E-state index is 12.3. The molecule has 0 aliphatic carbocycles. The molecule has 0 atom stereocenters. The fourth-order valence-electron chi connectivity index (χ4n) is 4.35. The van der Waals surface area contributed by atoms with Crippen molar-refractivity contribution in [3.05, 3.63) is 66.0 Å². The van der Waals surface area contributed by atoms with E-state index in [1.807, 2.05) is 58.1 Å². The highest BCUT2D eigenvalue weighted by atomic mass is 16.5. The highest BCUT2D eigenvalue weighted by molar-refractivity contribution is 5.97. The first-order chi connectivity index (χ1) is 15.7. The van der Waals surface area contributed by atoms with Crippen LogP contribution in [-0.4, -0.2) is 52.5 Å². The standard InChI is InChI=1S/C25H26N4O3/c30-23(28-13-2-1-3-14-28)17-32-21-8-5-19(6-9-21)24-26-12-15-29(24)20-7-4-18-10-11-27-25(31)22(18)16-20/h4-9,12,15-16H,1-3,10-11,13-14,17H2,(H,27,31). The number of likely N-dealkylation sites (tertiary alicyclic amines) is 1. The van der Waals surface area contributed by atoms with Crippen molar-refractivity contribution in [2.75, 3.05) is 26.2 Å². The summed E-state index contributed by atoms with van der Waals surface area (Å²) in [5.41, 5.74) is 3.60. The summed E-state index contributed by atoms with van der Waals surface area (Å²) in [6.45, 7) is 2.40. The molecule has 2 aliphatic heterocycles. The molecule has 0 radical (unpaired) electrons. The van der Waals surface area contributed by atoms with Crippen LogP contribution >= 0.6 is 0 Å². The predicted octanol–water partition coefficient (Wildman–Crippen LogP) is 3.22. The quantitative estimate of drug-likeness (QED) is 0.674. The van der Waals surface area contributed by atoms with Gasteiger partial charge in [-0.05, 0) is 67.6 Å². The Hall–Kier alpha value is -3.61. The number of hydrogen-bond donors (Lipinski definition) is 1. The second kappa shape index (κ2) is 8.86. The van der Waals surface area contributed by atoms with Crippen LogP contribution in [0.5, 0.6) is 5.75 Å².